The second-order valence-electron chi connectivity index (χ2n) is 4.67. The Kier molecular flexibility index (Phi) is 5.09. The molecule has 0 fully saturated rings. The first-order chi connectivity index (χ1) is 9.72. The lowest BCUT2D eigenvalue weighted by Gasteiger charge is -2.15. The number of methoxy groups -OCH3 is 1. The summed E-state index contributed by atoms with van der Waals surface area (Å²) in [6.45, 7) is 2.89. The molecule has 6 nitrogen and oxygen atoms in total. The number of nitrogens with one attached hydrogen (secondary N) is 2. The number of nitrogens with zero attached hydrogens (tertiary/aromatic N) is 2. The molecule has 2 aromatic rings. The highest BCUT2D eigenvalue weighted by atomic mass is 16.5. The summed E-state index contributed by atoms with van der Waals surface area (Å²) in [7, 11) is 3.67. The van der Waals surface area contributed by atoms with Crippen LogP contribution in [-0.2, 0) is 4.74 Å². The third-order valence-electron chi connectivity index (χ3n) is 3.14. The zero-order valence-corrected chi connectivity index (χ0v) is 11.8. The number of amides is 1. The molecular formula is C14H20N4O2. The van der Waals surface area contributed by atoms with Gasteiger partial charge in [-0.25, -0.2) is 0 Å². The normalized spacial score (nSPS) is 11.2. The van der Waals surface area contributed by atoms with E-state index in [1.54, 1.807) is 7.11 Å². The minimum absolute atomic E-state index is 0.150. The number of rotatable bonds is 7. The van der Waals surface area contributed by atoms with E-state index in [0.29, 0.717) is 18.8 Å². The van der Waals surface area contributed by atoms with E-state index < -0.39 is 0 Å². The number of para-hydroxylation sites is 1. The number of hydrogen-bond acceptors (Lipinski definition) is 4. The van der Waals surface area contributed by atoms with Gasteiger partial charge >= 0.3 is 0 Å². The Morgan fingerprint density at radius 1 is 1.40 bits per heavy atom. The number of hydrogen-bond donors (Lipinski definition) is 2. The van der Waals surface area contributed by atoms with Crippen molar-refractivity contribution in [3.05, 3.63) is 30.0 Å². The third-order valence-corrected chi connectivity index (χ3v) is 3.14. The summed E-state index contributed by atoms with van der Waals surface area (Å²) in [6.07, 6.45) is 0. The Labute approximate surface area is 118 Å². The molecule has 2 N–H and O–H groups in total. The fourth-order valence-electron chi connectivity index (χ4n) is 1.94. The topological polar surface area (TPSA) is 70.2 Å². The molecule has 1 aromatic carbocycles. The van der Waals surface area contributed by atoms with Crippen LogP contribution in [0.1, 0.15) is 10.5 Å². The van der Waals surface area contributed by atoms with Gasteiger partial charge in [0.2, 0.25) is 0 Å². The van der Waals surface area contributed by atoms with Gasteiger partial charge in [-0.2, -0.15) is 5.10 Å². The van der Waals surface area contributed by atoms with Crippen molar-refractivity contribution in [3.8, 4) is 0 Å². The molecule has 0 saturated heterocycles. The molecule has 20 heavy (non-hydrogen) atoms. The molecule has 0 aliphatic carbocycles. The first-order valence-electron chi connectivity index (χ1n) is 6.61. The van der Waals surface area contributed by atoms with Crippen LogP contribution in [0.15, 0.2) is 24.3 Å². The number of aromatic amines is 1. The molecule has 0 spiro atoms. The van der Waals surface area contributed by atoms with Gasteiger partial charge in [-0.05, 0) is 13.1 Å². The maximum atomic E-state index is 12.1. The Balaban J connectivity index is 1.86. The van der Waals surface area contributed by atoms with Gasteiger partial charge in [0.05, 0.1) is 12.1 Å². The fourth-order valence-corrected chi connectivity index (χ4v) is 1.94. The summed E-state index contributed by atoms with van der Waals surface area (Å²) in [4.78, 5) is 14.2. The molecule has 0 aliphatic heterocycles. The Bertz CT molecular complexity index is 567. The highest BCUT2D eigenvalue weighted by molar-refractivity contribution is 6.04. The van der Waals surface area contributed by atoms with E-state index in [0.717, 1.165) is 24.0 Å². The van der Waals surface area contributed by atoms with Crippen molar-refractivity contribution in [2.45, 2.75) is 0 Å². The fraction of sp³-hybridized carbons (Fsp3) is 0.429. The van der Waals surface area contributed by atoms with Gasteiger partial charge < -0.3 is 15.0 Å². The molecule has 108 valence electrons. The van der Waals surface area contributed by atoms with E-state index in [4.69, 9.17) is 4.74 Å². The van der Waals surface area contributed by atoms with E-state index >= 15 is 0 Å². The number of benzene rings is 1. The molecule has 0 saturated carbocycles. The zero-order chi connectivity index (χ0) is 14.4. The lowest BCUT2D eigenvalue weighted by atomic mass is 10.2. The summed E-state index contributed by atoms with van der Waals surface area (Å²) in [5.41, 5.74) is 1.31. The largest absolute Gasteiger partial charge is 0.383 e. The third kappa shape index (κ3) is 3.55. The summed E-state index contributed by atoms with van der Waals surface area (Å²) in [5.74, 6) is -0.150. The van der Waals surface area contributed by atoms with Gasteiger partial charge in [0.15, 0.2) is 5.69 Å². The second kappa shape index (κ2) is 7.02. The van der Waals surface area contributed by atoms with Gasteiger partial charge in [0.25, 0.3) is 5.91 Å². The van der Waals surface area contributed by atoms with Crippen LogP contribution in [0.2, 0.25) is 0 Å². The highest BCUT2D eigenvalue weighted by Gasteiger charge is 2.13. The summed E-state index contributed by atoms with van der Waals surface area (Å²) >= 11 is 0. The maximum Gasteiger partial charge on any atom is 0.272 e. The number of likely N-dealkylation sites (N-methyl/N-ethyl adjacent to an activating group) is 1. The quantitative estimate of drug-likeness (QED) is 0.787. The van der Waals surface area contributed by atoms with Crippen molar-refractivity contribution in [1.29, 1.82) is 0 Å². The van der Waals surface area contributed by atoms with Gasteiger partial charge in [-0.3, -0.25) is 9.89 Å². The molecule has 6 heteroatoms. The lowest BCUT2D eigenvalue weighted by Crippen LogP contribution is -2.34. The SMILES string of the molecule is COCCN(C)CCNC(=O)c1n[nH]c2ccccc12. The van der Waals surface area contributed by atoms with Crippen LogP contribution in [0.3, 0.4) is 0 Å². The molecule has 0 aliphatic rings. The highest BCUT2D eigenvalue weighted by Crippen LogP contribution is 2.14. The molecule has 0 unspecified atom stereocenters. The average molecular weight is 276 g/mol. The van der Waals surface area contributed by atoms with Crippen LogP contribution in [0.25, 0.3) is 10.9 Å². The number of carbonyl (C=O) groups excluding carboxylic acids is 1. The minimum atomic E-state index is -0.150. The lowest BCUT2D eigenvalue weighted by molar-refractivity contribution is 0.0944. The maximum absolute atomic E-state index is 12.1. The van der Waals surface area contributed by atoms with E-state index in [1.807, 2.05) is 31.3 Å². The monoisotopic (exact) mass is 276 g/mol. The first-order valence-corrected chi connectivity index (χ1v) is 6.61. The van der Waals surface area contributed by atoms with Gasteiger partial charge in [0, 0.05) is 32.1 Å². The first kappa shape index (κ1) is 14.5. The van der Waals surface area contributed by atoms with Crippen LogP contribution in [0.5, 0.6) is 0 Å². The van der Waals surface area contributed by atoms with Gasteiger partial charge in [-0.15, -0.1) is 0 Å². The molecule has 1 amide bonds. The Morgan fingerprint density at radius 2 is 2.20 bits per heavy atom. The smallest absolute Gasteiger partial charge is 0.272 e. The van der Waals surface area contributed by atoms with Crippen LogP contribution < -0.4 is 5.32 Å². The number of fused-ring (bicyclic) bond motifs is 1. The van der Waals surface area contributed by atoms with Crippen LogP contribution in [0, 0.1) is 0 Å². The minimum Gasteiger partial charge on any atom is -0.383 e. The number of carbonyl (C=O) groups is 1. The molecule has 0 atom stereocenters. The second-order valence-corrected chi connectivity index (χ2v) is 4.67. The molecule has 1 aromatic heterocycles. The van der Waals surface area contributed by atoms with Crippen LogP contribution in [-0.4, -0.2) is 61.4 Å². The van der Waals surface area contributed by atoms with Crippen LogP contribution >= 0.6 is 0 Å². The van der Waals surface area contributed by atoms with Crippen molar-refractivity contribution in [2.24, 2.45) is 0 Å². The van der Waals surface area contributed by atoms with Crippen molar-refractivity contribution in [2.75, 3.05) is 40.4 Å². The molecular weight excluding hydrogens is 256 g/mol. The predicted molar refractivity (Wildman–Crippen MR) is 77.8 cm³/mol. The molecule has 2 rings (SSSR count). The number of aromatic nitrogens is 2. The van der Waals surface area contributed by atoms with Crippen molar-refractivity contribution in [3.63, 3.8) is 0 Å². The number of H-pyrrole nitrogens is 1. The van der Waals surface area contributed by atoms with E-state index in [9.17, 15) is 4.79 Å². The summed E-state index contributed by atoms with van der Waals surface area (Å²) < 4.78 is 5.00. The van der Waals surface area contributed by atoms with Crippen molar-refractivity contribution < 1.29 is 9.53 Å². The number of ether oxygens (including phenoxy) is 1. The van der Waals surface area contributed by atoms with Crippen molar-refractivity contribution >= 4 is 16.8 Å². The van der Waals surface area contributed by atoms with Crippen LogP contribution in [0.4, 0.5) is 0 Å². The zero-order valence-electron chi connectivity index (χ0n) is 11.8. The molecule has 1 heterocycles. The van der Waals surface area contributed by atoms with Gasteiger partial charge in [-0.1, -0.05) is 18.2 Å². The average Bonchev–Trinajstić information content (AvgIpc) is 2.89. The predicted octanol–water partition coefficient (Wildman–Crippen LogP) is 0.871. The standard InChI is InChI=1S/C14H20N4O2/c1-18(9-10-20-2)8-7-15-14(19)13-11-5-3-4-6-12(11)16-17-13/h3-6H,7-10H2,1-2H3,(H,15,19)(H,16,17). The van der Waals surface area contributed by atoms with Gasteiger partial charge in [0.1, 0.15) is 0 Å². The summed E-state index contributed by atoms with van der Waals surface area (Å²) in [5, 5.41) is 10.7. The summed E-state index contributed by atoms with van der Waals surface area (Å²) in [6, 6.07) is 7.59. The van der Waals surface area contributed by atoms with Crippen molar-refractivity contribution in [1.82, 2.24) is 20.4 Å². The molecule has 0 radical (unpaired) electrons. The van der Waals surface area contributed by atoms with E-state index in [2.05, 4.69) is 20.4 Å². The van der Waals surface area contributed by atoms with E-state index in [1.165, 1.54) is 0 Å². The molecule has 0 bridgehead atoms. The Hall–Kier alpha value is -1.92. The van der Waals surface area contributed by atoms with E-state index in [-0.39, 0.29) is 5.91 Å². The Morgan fingerprint density at radius 3 is 3.00 bits per heavy atom.